The summed E-state index contributed by atoms with van der Waals surface area (Å²) < 4.78 is 8.04. The summed E-state index contributed by atoms with van der Waals surface area (Å²) in [4.78, 5) is 0. The van der Waals surface area contributed by atoms with Crippen molar-refractivity contribution in [2.75, 3.05) is 6.61 Å². The number of benzene rings is 1. The van der Waals surface area contributed by atoms with E-state index in [4.69, 9.17) is 4.74 Å². The number of nitrogens with zero attached hydrogens (tertiary/aromatic N) is 1. The first-order valence-electron chi connectivity index (χ1n) is 6.40. The number of hydrogen-bond donors (Lipinski definition) is 0. The molecule has 2 nitrogen and oxygen atoms in total. The topological polar surface area (TPSA) is 14.2 Å². The Labute approximate surface area is 109 Å². The number of para-hydroxylation sites is 1. The molecule has 2 aromatic rings. The predicted octanol–water partition coefficient (Wildman–Crippen LogP) is 3.86. The molecule has 0 aliphatic heterocycles. The molecular formula is C16H21NO. The number of rotatable bonds is 4. The summed E-state index contributed by atoms with van der Waals surface area (Å²) >= 11 is 0. The zero-order chi connectivity index (χ0) is 13.0. The molecule has 1 aromatic carbocycles. The van der Waals surface area contributed by atoms with Crippen LogP contribution in [0.3, 0.4) is 0 Å². The van der Waals surface area contributed by atoms with Crippen LogP contribution in [-0.2, 0) is 12.0 Å². The summed E-state index contributed by atoms with van der Waals surface area (Å²) in [5.74, 6) is 0.997. The van der Waals surface area contributed by atoms with Gasteiger partial charge in [0.2, 0.25) is 0 Å². The monoisotopic (exact) mass is 243 g/mol. The third kappa shape index (κ3) is 3.16. The number of ether oxygens (including phenoxy) is 1. The Morgan fingerprint density at radius 3 is 2.33 bits per heavy atom. The van der Waals surface area contributed by atoms with Crippen molar-refractivity contribution in [3.63, 3.8) is 0 Å². The lowest BCUT2D eigenvalue weighted by atomic mass is 9.86. The van der Waals surface area contributed by atoms with Gasteiger partial charge in [-0.05, 0) is 29.2 Å². The number of hydrogen-bond acceptors (Lipinski definition) is 1. The van der Waals surface area contributed by atoms with Crippen LogP contribution in [0.15, 0.2) is 48.8 Å². The van der Waals surface area contributed by atoms with E-state index in [-0.39, 0.29) is 5.41 Å². The van der Waals surface area contributed by atoms with Crippen molar-refractivity contribution >= 4 is 0 Å². The minimum Gasteiger partial charge on any atom is -0.491 e. The fourth-order valence-electron chi connectivity index (χ4n) is 1.99. The summed E-state index contributed by atoms with van der Waals surface area (Å²) in [6, 6.07) is 12.4. The zero-order valence-electron chi connectivity index (χ0n) is 11.4. The van der Waals surface area contributed by atoms with Crippen molar-refractivity contribution in [3.05, 3.63) is 54.4 Å². The molecule has 0 bridgehead atoms. The molecule has 0 radical (unpaired) electrons. The Bertz CT molecular complexity index is 480. The van der Waals surface area contributed by atoms with Crippen LogP contribution in [-0.4, -0.2) is 11.2 Å². The molecule has 0 amide bonds. The molecule has 0 fully saturated rings. The van der Waals surface area contributed by atoms with E-state index < -0.39 is 0 Å². The van der Waals surface area contributed by atoms with Crippen molar-refractivity contribution < 1.29 is 4.74 Å². The van der Waals surface area contributed by atoms with Gasteiger partial charge in [-0.15, -0.1) is 0 Å². The van der Waals surface area contributed by atoms with Crippen LogP contribution in [0.2, 0.25) is 0 Å². The molecular weight excluding hydrogens is 222 g/mol. The lowest BCUT2D eigenvalue weighted by Crippen LogP contribution is -2.15. The molecule has 1 heterocycles. The van der Waals surface area contributed by atoms with Gasteiger partial charge in [-0.1, -0.05) is 39.0 Å². The van der Waals surface area contributed by atoms with Crippen molar-refractivity contribution in [2.24, 2.45) is 0 Å². The van der Waals surface area contributed by atoms with E-state index in [0.717, 1.165) is 12.3 Å². The minimum atomic E-state index is 0.115. The van der Waals surface area contributed by atoms with Gasteiger partial charge < -0.3 is 9.30 Å². The number of aromatic nitrogens is 1. The third-order valence-corrected chi connectivity index (χ3v) is 2.97. The maximum atomic E-state index is 5.92. The highest BCUT2D eigenvalue weighted by atomic mass is 16.5. The van der Waals surface area contributed by atoms with E-state index in [1.165, 1.54) is 5.56 Å². The van der Waals surface area contributed by atoms with E-state index in [1.807, 2.05) is 18.2 Å². The van der Waals surface area contributed by atoms with Crippen molar-refractivity contribution in [2.45, 2.75) is 32.7 Å². The Hall–Kier alpha value is -1.70. The molecule has 0 saturated carbocycles. The van der Waals surface area contributed by atoms with Gasteiger partial charge in [0, 0.05) is 12.4 Å². The summed E-state index contributed by atoms with van der Waals surface area (Å²) in [5.41, 5.74) is 1.38. The fourth-order valence-corrected chi connectivity index (χ4v) is 1.99. The van der Waals surface area contributed by atoms with E-state index in [0.29, 0.717) is 6.61 Å². The van der Waals surface area contributed by atoms with Crippen molar-refractivity contribution in [1.82, 2.24) is 4.57 Å². The molecule has 0 aliphatic carbocycles. The SMILES string of the molecule is CC(C)(C)c1ccccc1OCCn1cccc1. The first-order chi connectivity index (χ1) is 8.57. The molecule has 0 spiro atoms. The standard InChI is InChI=1S/C16H21NO/c1-16(2,3)14-8-4-5-9-15(14)18-13-12-17-10-6-7-11-17/h4-11H,12-13H2,1-3H3. The Balaban J connectivity index is 2.01. The molecule has 96 valence electrons. The summed E-state index contributed by atoms with van der Waals surface area (Å²) in [7, 11) is 0. The molecule has 0 aliphatic rings. The maximum Gasteiger partial charge on any atom is 0.123 e. The molecule has 0 saturated heterocycles. The quantitative estimate of drug-likeness (QED) is 0.795. The normalized spacial score (nSPS) is 11.5. The Morgan fingerprint density at radius 2 is 1.67 bits per heavy atom. The molecule has 0 unspecified atom stereocenters. The molecule has 2 heteroatoms. The van der Waals surface area contributed by atoms with Gasteiger partial charge in [0.15, 0.2) is 0 Å². The van der Waals surface area contributed by atoms with Crippen molar-refractivity contribution in [1.29, 1.82) is 0 Å². The van der Waals surface area contributed by atoms with Crippen LogP contribution in [0.25, 0.3) is 0 Å². The average molecular weight is 243 g/mol. The summed E-state index contributed by atoms with van der Waals surface area (Å²) in [6.45, 7) is 8.21. The van der Waals surface area contributed by atoms with E-state index in [1.54, 1.807) is 0 Å². The van der Waals surface area contributed by atoms with Gasteiger partial charge in [-0.25, -0.2) is 0 Å². The first-order valence-corrected chi connectivity index (χ1v) is 6.40. The maximum absolute atomic E-state index is 5.92. The highest BCUT2D eigenvalue weighted by Gasteiger charge is 2.18. The molecule has 18 heavy (non-hydrogen) atoms. The molecule has 0 atom stereocenters. The predicted molar refractivity (Wildman–Crippen MR) is 75.1 cm³/mol. The molecule has 0 N–H and O–H groups in total. The van der Waals surface area contributed by atoms with Crippen LogP contribution >= 0.6 is 0 Å². The zero-order valence-corrected chi connectivity index (χ0v) is 11.4. The van der Waals surface area contributed by atoms with Crippen LogP contribution in [0.5, 0.6) is 5.75 Å². The summed E-state index contributed by atoms with van der Waals surface area (Å²) in [5, 5.41) is 0. The van der Waals surface area contributed by atoms with Crippen molar-refractivity contribution in [3.8, 4) is 5.75 Å². The fraction of sp³-hybridized carbons (Fsp3) is 0.375. The lowest BCUT2D eigenvalue weighted by Gasteiger charge is -2.22. The average Bonchev–Trinajstić information content (AvgIpc) is 2.81. The van der Waals surface area contributed by atoms with Gasteiger partial charge in [0.25, 0.3) is 0 Å². The third-order valence-electron chi connectivity index (χ3n) is 2.97. The van der Waals surface area contributed by atoms with E-state index >= 15 is 0 Å². The second kappa shape index (κ2) is 5.30. The molecule has 2 rings (SSSR count). The lowest BCUT2D eigenvalue weighted by molar-refractivity contribution is 0.291. The van der Waals surface area contributed by atoms with Crippen LogP contribution in [0.1, 0.15) is 26.3 Å². The first kappa shape index (κ1) is 12.7. The van der Waals surface area contributed by atoms with E-state index in [9.17, 15) is 0 Å². The van der Waals surface area contributed by atoms with E-state index in [2.05, 4.69) is 55.9 Å². The smallest absolute Gasteiger partial charge is 0.123 e. The highest BCUT2D eigenvalue weighted by Crippen LogP contribution is 2.30. The van der Waals surface area contributed by atoms with Gasteiger partial charge in [-0.2, -0.15) is 0 Å². The highest BCUT2D eigenvalue weighted by molar-refractivity contribution is 5.38. The van der Waals surface area contributed by atoms with Gasteiger partial charge >= 0.3 is 0 Å². The van der Waals surface area contributed by atoms with Crippen LogP contribution in [0.4, 0.5) is 0 Å². The second-order valence-corrected chi connectivity index (χ2v) is 5.52. The van der Waals surface area contributed by atoms with Crippen LogP contribution < -0.4 is 4.74 Å². The van der Waals surface area contributed by atoms with Gasteiger partial charge in [0.1, 0.15) is 12.4 Å². The van der Waals surface area contributed by atoms with Gasteiger partial charge in [-0.3, -0.25) is 0 Å². The summed E-state index contributed by atoms with van der Waals surface area (Å²) in [6.07, 6.45) is 4.11. The largest absolute Gasteiger partial charge is 0.491 e. The minimum absolute atomic E-state index is 0.115. The Kier molecular flexibility index (Phi) is 3.75. The van der Waals surface area contributed by atoms with Crippen LogP contribution in [0, 0.1) is 0 Å². The van der Waals surface area contributed by atoms with Gasteiger partial charge in [0.05, 0.1) is 6.54 Å². The Morgan fingerprint density at radius 1 is 1.00 bits per heavy atom. The second-order valence-electron chi connectivity index (χ2n) is 5.52. The molecule has 1 aromatic heterocycles.